The average molecular weight is 387 g/mol. The summed E-state index contributed by atoms with van der Waals surface area (Å²) in [6, 6.07) is 13.5. The molecule has 2 rings (SSSR count). The summed E-state index contributed by atoms with van der Waals surface area (Å²) in [4.78, 5) is 12.1. The zero-order valence-corrected chi connectivity index (χ0v) is 15.1. The molecule has 3 N–H and O–H groups in total. The molecule has 0 bridgehead atoms. The first-order valence-electron chi connectivity index (χ1n) is 8.04. The van der Waals surface area contributed by atoms with E-state index in [0.29, 0.717) is 24.1 Å². The number of rotatable bonds is 6. The standard InChI is InChI=1S/C19H21F3N2O.ClH/c1-13(15-8-5-9-16(12-15)19(20,21)22)10-11-24-18(25)17(23)14-6-3-2-4-7-14;/h2-9,12-13,17H,10-11,23H2,1H3,(H,24,25);1H. The van der Waals surface area contributed by atoms with Gasteiger partial charge in [-0.05, 0) is 29.5 Å². The molecule has 0 aliphatic heterocycles. The lowest BCUT2D eigenvalue weighted by Crippen LogP contribution is -2.35. The average Bonchev–Trinajstić information content (AvgIpc) is 2.61. The van der Waals surface area contributed by atoms with Gasteiger partial charge in [0.25, 0.3) is 0 Å². The summed E-state index contributed by atoms with van der Waals surface area (Å²) >= 11 is 0. The van der Waals surface area contributed by atoms with E-state index in [0.717, 1.165) is 12.1 Å². The maximum Gasteiger partial charge on any atom is 0.416 e. The molecule has 2 atom stereocenters. The Morgan fingerprint density at radius 1 is 1.08 bits per heavy atom. The highest BCUT2D eigenvalue weighted by Gasteiger charge is 2.30. The SMILES string of the molecule is CC(CCNC(=O)C(N)c1ccccc1)c1cccc(C(F)(F)F)c1.Cl. The molecule has 0 radical (unpaired) electrons. The van der Waals surface area contributed by atoms with Crippen molar-refractivity contribution in [3.63, 3.8) is 0 Å². The van der Waals surface area contributed by atoms with Crippen LogP contribution in [0.2, 0.25) is 0 Å². The largest absolute Gasteiger partial charge is 0.416 e. The first-order valence-corrected chi connectivity index (χ1v) is 8.04. The first-order chi connectivity index (χ1) is 11.8. The Balaban J connectivity index is 0.00000338. The summed E-state index contributed by atoms with van der Waals surface area (Å²) in [5, 5.41) is 2.74. The number of hydrogen-bond donors (Lipinski definition) is 2. The molecule has 7 heteroatoms. The number of amides is 1. The van der Waals surface area contributed by atoms with Crippen molar-refractivity contribution in [2.45, 2.75) is 31.5 Å². The summed E-state index contributed by atoms with van der Waals surface area (Å²) in [7, 11) is 0. The minimum atomic E-state index is -4.35. The van der Waals surface area contributed by atoms with Gasteiger partial charge in [0.2, 0.25) is 5.91 Å². The number of benzene rings is 2. The molecule has 0 saturated carbocycles. The molecule has 0 aromatic heterocycles. The number of halogens is 4. The van der Waals surface area contributed by atoms with Crippen LogP contribution in [0.3, 0.4) is 0 Å². The predicted molar refractivity (Wildman–Crippen MR) is 98.1 cm³/mol. The quantitative estimate of drug-likeness (QED) is 0.771. The van der Waals surface area contributed by atoms with E-state index in [1.807, 2.05) is 13.0 Å². The van der Waals surface area contributed by atoms with Gasteiger partial charge < -0.3 is 11.1 Å². The third-order valence-corrected chi connectivity index (χ3v) is 4.10. The second-order valence-electron chi connectivity index (χ2n) is 5.99. The zero-order valence-electron chi connectivity index (χ0n) is 14.3. The van der Waals surface area contributed by atoms with Crippen molar-refractivity contribution in [3.8, 4) is 0 Å². The molecule has 0 aliphatic carbocycles. The summed E-state index contributed by atoms with van der Waals surface area (Å²) in [6.45, 7) is 2.18. The Morgan fingerprint density at radius 3 is 2.31 bits per heavy atom. The lowest BCUT2D eigenvalue weighted by atomic mass is 9.96. The molecule has 1 amide bonds. The second-order valence-corrected chi connectivity index (χ2v) is 5.99. The summed E-state index contributed by atoms with van der Waals surface area (Å²) in [5.74, 6) is -0.419. The van der Waals surface area contributed by atoms with Gasteiger partial charge in [0, 0.05) is 6.54 Å². The number of alkyl halides is 3. The van der Waals surface area contributed by atoms with Crippen molar-refractivity contribution in [2.24, 2.45) is 5.73 Å². The van der Waals surface area contributed by atoms with E-state index in [9.17, 15) is 18.0 Å². The van der Waals surface area contributed by atoms with Gasteiger partial charge in [0.05, 0.1) is 5.56 Å². The van der Waals surface area contributed by atoms with Crippen LogP contribution in [-0.2, 0) is 11.0 Å². The summed E-state index contributed by atoms with van der Waals surface area (Å²) in [5.41, 5.74) is 6.54. The smallest absolute Gasteiger partial charge is 0.354 e. The first kappa shape index (κ1) is 22.0. The van der Waals surface area contributed by atoms with Gasteiger partial charge in [-0.3, -0.25) is 4.79 Å². The van der Waals surface area contributed by atoms with Crippen molar-refractivity contribution in [1.29, 1.82) is 0 Å². The number of carbonyl (C=O) groups is 1. The summed E-state index contributed by atoms with van der Waals surface area (Å²) in [6.07, 6.45) is -3.83. The Bertz CT molecular complexity index is 707. The molecular formula is C19H22ClF3N2O. The molecule has 0 heterocycles. The Morgan fingerprint density at radius 2 is 1.69 bits per heavy atom. The molecular weight excluding hydrogens is 365 g/mol. The fraction of sp³-hybridized carbons (Fsp3) is 0.316. The van der Waals surface area contributed by atoms with Crippen LogP contribution in [-0.4, -0.2) is 12.5 Å². The highest BCUT2D eigenvalue weighted by Crippen LogP contribution is 2.31. The Hall–Kier alpha value is -2.05. The fourth-order valence-electron chi connectivity index (χ4n) is 2.52. The number of hydrogen-bond acceptors (Lipinski definition) is 2. The van der Waals surface area contributed by atoms with E-state index in [2.05, 4.69) is 5.32 Å². The number of nitrogens with two attached hydrogens (primary N) is 1. The molecule has 0 fully saturated rings. The van der Waals surface area contributed by atoms with Crippen LogP contribution in [0.25, 0.3) is 0 Å². The monoisotopic (exact) mass is 386 g/mol. The lowest BCUT2D eigenvalue weighted by Gasteiger charge is -2.16. The van der Waals surface area contributed by atoms with Gasteiger partial charge >= 0.3 is 6.18 Å². The van der Waals surface area contributed by atoms with Crippen LogP contribution in [0.1, 0.15) is 42.0 Å². The maximum atomic E-state index is 12.8. The van der Waals surface area contributed by atoms with Crippen LogP contribution < -0.4 is 11.1 Å². The highest BCUT2D eigenvalue weighted by atomic mass is 35.5. The van der Waals surface area contributed by atoms with Crippen LogP contribution >= 0.6 is 12.4 Å². The number of nitrogens with one attached hydrogen (secondary N) is 1. The molecule has 2 aromatic carbocycles. The van der Waals surface area contributed by atoms with Crippen molar-refractivity contribution >= 4 is 18.3 Å². The molecule has 2 aromatic rings. The predicted octanol–water partition coefficient (Wildman–Crippen LogP) is 4.44. The zero-order chi connectivity index (χ0) is 18.4. The molecule has 0 aliphatic rings. The van der Waals surface area contributed by atoms with E-state index in [-0.39, 0.29) is 24.2 Å². The van der Waals surface area contributed by atoms with E-state index in [1.165, 1.54) is 6.07 Å². The van der Waals surface area contributed by atoms with Gasteiger partial charge in [0.1, 0.15) is 6.04 Å². The van der Waals surface area contributed by atoms with Crippen LogP contribution in [0.15, 0.2) is 54.6 Å². The molecule has 142 valence electrons. The van der Waals surface area contributed by atoms with Crippen LogP contribution in [0, 0.1) is 0 Å². The van der Waals surface area contributed by atoms with Crippen LogP contribution in [0.5, 0.6) is 0 Å². The maximum absolute atomic E-state index is 12.8. The van der Waals surface area contributed by atoms with Gasteiger partial charge in [-0.25, -0.2) is 0 Å². The van der Waals surface area contributed by atoms with E-state index in [1.54, 1.807) is 30.3 Å². The minimum Gasteiger partial charge on any atom is -0.354 e. The van der Waals surface area contributed by atoms with Crippen LogP contribution in [0.4, 0.5) is 13.2 Å². The van der Waals surface area contributed by atoms with E-state index < -0.39 is 17.8 Å². The summed E-state index contributed by atoms with van der Waals surface area (Å²) < 4.78 is 38.3. The molecule has 26 heavy (non-hydrogen) atoms. The molecule has 0 saturated heterocycles. The third-order valence-electron chi connectivity index (χ3n) is 4.10. The lowest BCUT2D eigenvalue weighted by molar-refractivity contribution is -0.137. The molecule has 3 nitrogen and oxygen atoms in total. The Labute approximate surface area is 157 Å². The topological polar surface area (TPSA) is 55.1 Å². The van der Waals surface area contributed by atoms with Crippen molar-refractivity contribution in [3.05, 3.63) is 71.3 Å². The van der Waals surface area contributed by atoms with Crippen molar-refractivity contribution in [1.82, 2.24) is 5.32 Å². The van der Waals surface area contributed by atoms with Gasteiger partial charge in [0.15, 0.2) is 0 Å². The van der Waals surface area contributed by atoms with E-state index in [4.69, 9.17) is 5.73 Å². The normalized spacial score (nSPS) is 13.4. The highest BCUT2D eigenvalue weighted by molar-refractivity contribution is 5.85. The minimum absolute atomic E-state index is 0. The van der Waals surface area contributed by atoms with Gasteiger partial charge in [-0.2, -0.15) is 13.2 Å². The Kier molecular flexibility index (Phi) is 8.11. The van der Waals surface area contributed by atoms with Gasteiger partial charge in [-0.1, -0.05) is 55.5 Å². The molecule has 0 spiro atoms. The van der Waals surface area contributed by atoms with E-state index >= 15 is 0 Å². The number of carbonyl (C=O) groups excluding carboxylic acids is 1. The second kappa shape index (κ2) is 9.59. The van der Waals surface area contributed by atoms with Gasteiger partial charge in [-0.15, -0.1) is 12.4 Å². The fourth-order valence-corrected chi connectivity index (χ4v) is 2.52. The van der Waals surface area contributed by atoms with Crippen molar-refractivity contribution < 1.29 is 18.0 Å². The molecule has 2 unspecified atom stereocenters. The third kappa shape index (κ3) is 6.04. The van der Waals surface area contributed by atoms with Crippen molar-refractivity contribution in [2.75, 3.05) is 6.54 Å².